The molecule has 2 amide bonds. The Morgan fingerprint density at radius 2 is 1.85 bits per heavy atom. The zero-order chi connectivity index (χ0) is 18.5. The quantitative estimate of drug-likeness (QED) is 0.702. The fourth-order valence-corrected chi connectivity index (χ4v) is 3.27. The van der Waals surface area contributed by atoms with Gasteiger partial charge in [0.15, 0.2) is 11.5 Å². The fraction of sp³-hybridized carbons (Fsp3) is 0.0556. The van der Waals surface area contributed by atoms with E-state index in [-0.39, 0.29) is 5.71 Å². The number of fused-ring (bicyclic) bond motifs is 1. The van der Waals surface area contributed by atoms with Gasteiger partial charge in [0.1, 0.15) is 0 Å². The lowest BCUT2D eigenvalue weighted by atomic mass is 10.0. The smallest absolute Gasteiger partial charge is 0.311 e. The van der Waals surface area contributed by atoms with Crippen LogP contribution in [0.5, 0.6) is 0 Å². The molecular weight excluding hydrogens is 402 g/mol. The molecule has 0 bridgehead atoms. The van der Waals surface area contributed by atoms with Crippen LogP contribution in [0.25, 0.3) is 0 Å². The van der Waals surface area contributed by atoms with Crippen molar-refractivity contribution in [3.8, 4) is 0 Å². The van der Waals surface area contributed by atoms with Gasteiger partial charge in [-0.3, -0.25) is 9.59 Å². The van der Waals surface area contributed by atoms with Crippen molar-refractivity contribution in [2.45, 2.75) is 5.72 Å². The van der Waals surface area contributed by atoms with E-state index in [9.17, 15) is 19.8 Å². The summed E-state index contributed by atoms with van der Waals surface area (Å²) in [5.41, 5.74) is -0.672. The van der Waals surface area contributed by atoms with Crippen LogP contribution in [0.3, 0.4) is 0 Å². The highest BCUT2D eigenvalue weighted by Gasteiger charge is 2.47. The van der Waals surface area contributed by atoms with Crippen LogP contribution in [0.15, 0.2) is 69.9 Å². The van der Waals surface area contributed by atoms with Gasteiger partial charge in [-0.2, -0.15) is 10.1 Å². The Morgan fingerprint density at radius 1 is 1.12 bits per heavy atom. The number of anilines is 1. The van der Waals surface area contributed by atoms with E-state index in [2.05, 4.69) is 26.3 Å². The first-order valence-corrected chi connectivity index (χ1v) is 8.43. The first kappa shape index (κ1) is 16.5. The van der Waals surface area contributed by atoms with Crippen LogP contribution in [0.2, 0.25) is 0 Å². The van der Waals surface area contributed by atoms with Crippen LogP contribution in [0.1, 0.15) is 11.1 Å². The molecule has 2 aromatic rings. The molecule has 0 spiro atoms. The molecule has 2 aromatic carbocycles. The Kier molecular flexibility index (Phi) is 3.67. The number of nitrogens with zero attached hydrogens (tertiary/aromatic N) is 2. The van der Waals surface area contributed by atoms with E-state index in [1.54, 1.807) is 48.5 Å². The van der Waals surface area contributed by atoms with Crippen molar-refractivity contribution in [1.82, 2.24) is 5.01 Å². The van der Waals surface area contributed by atoms with Gasteiger partial charge in [0.05, 0.1) is 5.69 Å². The predicted octanol–water partition coefficient (Wildman–Crippen LogP) is 2.23. The molecule has 0 aromatic heterocycles. The molecule has 3 N–H and O–H groups in total. The van der Waals surface area contributed by atoms with Gasteiger partial charge in [-0.25, -0.2) is 0 Å². The summed E-state index contributed by atoms with van der Waals surface area (Å²) in [7, 11) is 0. The summed E-state index contributed by atoms with van der Waals surface area (Å²) in [5, 5.41) is 28.4. The van der Waals surface area contributed by atoms with Gasteiger partial charge < -0.3 is 15.5 Å². The fourth-order valence-electron chi connectivity index (χ4n) is 2.91. The lowest BCUT2D eigenvalue weighted by molar-refractivity contribution is -0.145. The van der Waals surface area contributed by atoms with E-state index in [1.165, 1.54) is 0 Å². The van der Waals surface area contributed by atoms with Crippen LogP contribution in [0, 0.1) is 0 Å². The number of benzene rings is 2. The Labute approximate surface area is 156 Å². The second-order valence-electron chi connectivity index (χ2n) is 5.83. The molecule has 7 nitrogen and oxygen atoms in total. The largest absolute Gasteiger partial charge is 0.503 e. The maximum Gasteiger partial charge on any atom is 0.311 e. The SMILES string of the molecule is O=C1Nc2ccc(Br)cc2/C1=N/N1C(=O)C(O)=CC1(O)c1ccccc1. The van der Waals surface area contributed by atoms with Gasteiger partial charge >= 0.3 is 5.91 Å². The average Bonchev–Trinajstić information content (AvgIpc) is 3.05. The number of aliphatic hydroxyl groups is 2. The summed E-state index contributed by atoms with van der Waals surface area (Å²) in [5.74, 6) is -2.05. The van der Waals surface area contributed by atoms with Crippen LogP contribution in [-0.2, 0) is 15.3 Å². The van der Waals surface area contributed by atoms with Gasteiger partial charge in [0, 0.05) is 21.7 Å². The molecule has 0 aliphatic carbocycles. The minimum absolute atomic E-state index is 0.0351. The van der Waals surface area contributed by atoms with E-state index in [1.807, 2.05) is 0 Å². The Hall–Kier alpha value is -2.97. The third-order valence-corrected chi connectivity index (χ3v) is 4.66. The number of hydrazone groups is 1. The molecule has 1 atom stereocenters. The first-order chi connectivity index (χ1) is 12.4. The Balaban J connectivity index is 1.85. The van der Waals surface area contributed by atoms with Crippen molar-refractivity contribution >= 4 is 39.1 Å². The molecule has 0 radical (unpaired) electrons. The number of carbonyl (C=O) groups excluding carboxylic acids is 2. The molecule has 130 valence electrons. The van der Waals surface area contributed by atoms with Crippen LogP contribution in [0.4, 0.5) is 5.69 Å². The van der Waals surface area contributed by atoms with Gasteiger partial charge in [-0.15, -0.1) is 0 Å². The zero-order valence-corrected chi connectivity index (χ0v) is 14.8. The molecule has 4 rings (SSSR count). The number of halogens is 1. The van der Waals surface area contributed by atoms with Crippen molar-refractivity contribution in [3.63, 3.8) is 0 Å². The van der Waals surface area contributed by atoms with E-state index >= 15 is 0 Å². The first-order valence-electron chi connectivity index (χ1n) is 7.64. The number of nitrogens with one attached hydrogen (secondary N) is 1. The average molecular weight is 414 g/mol. The zero-order valence-electron chi connectivity index (χ0n) is 13.2. The highest BCUT2D eigenvalue weighted by molar-refractivity contribution is 9.10. The predicted molar refractivity (Wildman–Crippen MR) is 97.2 cm³/mol. The van der Waals surface area contributed by atoms with Crippen LogP contribution >= 0.6 is 15.9 Å². The maximum atomic E-state index is 12.4. The van der Waals surface area contributed by atoms with Crippen molar-refractivity contribution in [2.24, 2.45) is 5.10 Å². The normalized spacial score (nSPS) is 23.2. The number of aliphatic hydroxyl groups excluding tert-OH is 1. The second-order valence-corrected chi connectivity index (χ2v) is 6.75. The van der Waals surface area contributed by atoms with Crippen LogP contribution in [-0.4, -0.2) is 32.7 Å². The lowest BCUT2D eigenvalue weighted by Gasteiger charge is -2.29. The minimum atomic E-state index is -2.00. The van der Waals surface area contributed by atoms with E-state index in [0.29, 0.717) is 21.8 Å². The van der Waals surface area contributed by atoms with Gasteiger partial charge in [-0.1, -0.05) is 46.3 Å². The molecule has 2 heterocycles. The number of amides is 2. The molecular formula is C18H12BrN3O4. The second kappa shape index (κ2) is 5.79. The summed E-state index contributed by atoms with van der Waals surface area (Å²) >= 11 is 3.33. The number of carbonyl (C=O) groups is 2. The molecule has 8 heteroatoms. The topological polar surface area (TPSA) is 102 Å². The molecule has 1 unspecified atom stereocenters. The summed E-state index contributed by atoms with van der Waals surface area (Å²) in [6.45, 7) is 0. The van der Waals surface area contributed by atoms with Gasteiger partial charge in [0.2, 0.25) is 5.72 Å². The third kappa shape index (κ3) is 2.42. The van der Waals surface area contributed by atoms with Crippen molar-refractivity contribution < 1.29 is 19.8 Å². The monoisotopic (exact) mass is 413 g/mol. The highest BCUT2D eigenvalue weighted by Crippen LogP contribution is 2.36. The number of rotatable bonds is 2. The number of hydrogen-bond donors (Lipinski definition) is 3. The van der Waals surface area contributed by atoms with Crippen molar-refractivity contribution in [1.29, 1.82) is 0 Å². The molecule has 26 heavy (non-hydrogen) atoms. The molecule has 2 aliphatic heterocycles. The Morgan fingerprint density at radius 3 is 2.58 bits per heavy atom. The molecule has 2 aliphatic rings. The highest BCUT2D eigenvalue weighted by atomic mass is 79.9. The Bertz CT molecular complexity index is 1000. The van der Waals surface area contributed by atoms with Crippen LogP contribution < -0.4 is 5.32 Å². The van der Waals surface area contributed by atoms with Gasteiger partial charge in [0.25, 0.3) is 5.91 Å². The van der Waals surface area contributed by atoms with Crippen molar-refractivity contribution in [2.75, 3.05) is 5.32 Å². The van der Waals surface area contributed by atoms with E-state index in [4.69, 9.17) is 0 Å². The summed E-state index contributed by atoms with van der Waals surface area (Å²) < 4.78 is 0.729. The molecule has 0 fully saturated rings. The van der Waals surface area contributed by atoms with Gasteiger partial charge in [-0.05, 0) is 18.2 Å². The van der Waals surface area contributed by atoms with E-state index < -0.39 is 23.3 Å². The standard InChI is InChI=1S/C18H12BrN3O4/c19-11-6-7-13-12(8-11)15(16(24)20-13)21-22-17(25)14(23)9-18(22,26)10-4-2-1-3-5-10/h1-9,23,26H,(H,20,21,24). The molecule has 0 saturated heterocycles. The lowest BCUT2D eigenvalue weighted by Crippen LogP contribution is -2.41. The molecule has 0 saturated carbocycles. The van der Waals surface area contributed by atoms with Crippen molar-refractivity contribution in [3.05, 3.63) is 76.0 Å². The minimum Gasteiger partial charge on any atom is -0.503 e. The van der Waals surface area contributed by atoms with E-state index in [0.717, 1.165) is 10.5 Å². The summed E-state index contributed by atoms with van der Waals surface area (Å²) in [6.07, 6.45) is 1.00. The summed E-state index contributed by atoms with van der Waals surface area (Å²) in [4.78, 5) is 24.7. The number of hydrogen-bond acceptors (Lipinski definition) is 5. The maximum absolute atomic E-state index is 12.4. The third-order valence-electron chi connectivity index (χ3n) is 4.17. The summed E-state index contributed by atoms with van der Waals surface area (Å²) in [6, 6.07) is 13.4.